The smallest absolute Gasteiger partial charge is 0.251 e. The van der Waals surface area contributed by atoms with E-state index in [0.29, 0.717) is 18.1 Å². The quantitative estimate of drug-likeness (QED) is 0.474. The molecule has 0 saturated carbocycles. The highest BCUT2D eigenvalue weighted by Gasteiger charge is 2.12. The number of amides is 1. The Morgan fingerprint density at radius 2 is 1.94 bits per heavy atom. The van der Waals surface area contributed by atoms with Gasteiger partial charge in [0.05, 0.1) is 7.11 Å². The van der Waals surface area contributed by atoms with Crippen molar-refractivity contribution < 1.29 is 9.53 Å². The van der Waals surface area contributed by atoms with Gasteiger partial charge in [0.25, 0.3) is 5.91 Å². The molecule has 0 bridgehead atoms. The van der Waals surface area contributed by atoms with Crippen LogP contribution in [0.15, 0.2) is 70.7 Å². The minimum absolute atomic E-state index is 0.0521. The first-order valence-electron chi connectivity index (χ1n) is 10.7. The second-order valence-electron chi connectivity index (χ2n) is 7.51. The molecule has 1 aromatic heterocycles. The number of hydrogen-bond acceptors (Lipinski definition) is 7. The van der Waals surface area contributed by atoms with Gasteiger partial charge in [0.2, 0.25) is 5.95 Å². The predicted octanol–water partition coefficient (Wildman–Crippen LogP) is 4.21. The normalized spacial score (nSPS) is 13.7. The number of methoxy groups -OCH3 is 1. The summed E-state index contributed by atoms with van der Waals surface area (Å²) in [5, 5.41) is 7.02. The van der Waals surface area contributed by atoms with Crippen LogP contribution < -0.4 is 15.4 Å². The number of aromatic nitrogens is 2. The van der Waals surface area contributed by atoms with E-state index in [1.165, 1.54) is 24.6 Å². The summed E-state index contributed by atoms with van der Waals surface area (Å²) in [7, 11) is 1.65. The molecule has 2 aromatic carbocycles. The van der Waals surface area contributed by atoms with Crippen molar-refractivity contribution in [2.45, 2.75) is 22.8 Å². The second kappa shape index (κ2) is 11.0. The third-order valence-electron chi connectivity index (χ3n) is 5.21. The molecule has 2 N–H and O–H groups in total. The number of carbonyl (C=O) groups excluding carboxylic acids is 1. The summed E-state index contributed by atoms with van der Waals surface area (Å²) in [6.45, 7) is 3.85. The average molecular weight is 450 g/mol. The van der Waals surface area contributed by atoms with Crippen molar-refractivity contribution in [3.63, 3.8) is 0 Å². The van der Waals surface area contributed by atoms with Gasteiger partial charge >= 0.3 is 0 Å². The zero-order valence-electron chi connectivity index (χ0n) is 18.1. The lowest BCUT2D eigenvalue weighted by atomic mass is 10.2. The van der Waals surface area contributed by atoms with E-state index in [9.17, 15) is 4.79 Å². The molecule has 1 aliphatic rings. The van der Waals surface area contributed by atoms with Crippen LogP contribution >= 0.6 is 11.8 Å². The fourth-order valence-corrected chi connectivity index (χ4v) is 4.34. The molecule has 0 spiro atoms. The summed E-state index contributed by atoms with van der Waals surface area (Å²) in [5.41, 5.74) is 1.46. The minimum atomic E-state index is -0.0521. The third-order valence-corrected chi connectivity index (χ3v) is 6.14. The van der Waals surface area contributed by atoms with Crippen LogP contribution in [0.1, 0.15) is 23.2 Å². The van der Waals surface area contributed by atoms with Gasteiger partial charge < -0.3 is 20.3 Å². The first-order chi connectivity index (χ1) is 15.7. The number of anilines is 2. The maximum Gasteiger partial charge on any atom is 0.251 e. The molecule has 166 valence electrons. The average Bonchev–Trinajstić information content (AvgIpc) is 3.33. The van der Waals surface area contributed by atoms with Crippen LogP contribution in [0.5, 0.6) is 5.75 Å². The summed E-state index contributed by atoms with van der Waals surface area (Å²) >= 11 is 1.54. The van der Waals surface area contributed by atoms with Crippen LogP contribution in [0.3, 0.4) is 0 Å². The topological polar surface area (TPSA) is 79.4 Å². The number of nitrogens with zero attached hydrogens (tertiary/aromatic N) is 3. The van der Waals surface area contributed by atoms with Crippen molar-refractivity contribution in [1.29, 1.82) is 0 Å². The molecule has 0 radical (unpaired) electrons. The monoisotopic (exact) mass is 449 g/mol. The van der Waals surface area contributed by atoms with E-state index in [-0.39, 0.29) is 5.91 Å². The third kappa shape index (κ3) is 6.21. The first-order valence-corrected chi connectivity index (χ1v) is 11.5. The van der Waals surface area contributed by atoms with Gasteiger partial charge in [-0.05, 0) is 74.5 Å². The Hall–Kier alpha value is -3.10. The lowest BCUT2D eigenvalue weighted by molar-refractivity contribution is 0.0950. The highest BCUT2D eigenvalue weighted by molar-refractivity contribution is 7.99. The summed E-state index contributed by atoms with van der Waals surface area (Å²) < 4.78 is 5.28. The maximum absolute atomic E-state index is 12.4. The van der Waals surface area contributed by atoms with Gasteiger partial charge in [0.1, 0.15) is 10.8 Å². The summed E-state index contributed by atoms with van der Waals surface area (Å²) in [6.07, 6.45) is 4.24. The second-order valence-corrected chi connectivity index (χ2v) is 8.60. The Kier molecular flexibility index (Phi) is 7.58. The molecule has 8 heteroatoms. The molecule has 3 aromatic rings. The molecule has 2 heterocycles. The Morgan fingerprint density at radius 3 is 2.72 bits per heavy atom. The molecule has 32 heavy (non-hydrogen) atoms. The van der Waals surface area contributed by atoms with Crippen LogP contribution in [0, 0.1) is 0 Å². The first kappa shape index (κ1) is 22.1. The number of carbonyl (C=O) groups is 1. The molecule has 1 fully saturated rings. The van der Waals surface area contributed by atoms with Gasteiger partial charge in [0, 0.05) is 35.4 Å². The van der Waals surface area contributed by atoms with E-state index < -0.39 is 0 Å². The minimum Gasteiger partial charge on any atom is -0.497 e. The lowest BCUT2D eigenvalue weighted by Gasteiger charge is -2.14. The molecule has 0 unspecified atom stereocenters. The van der Waals surface area contributed by atoms with Gasteiger partial charge in [-0.2, -0.15) is 0 Å². The number of likely N-dealkylation sites (tertiary alicyclic amines) is 1. The molecular weight excluding hydrogens is 422 g/mol. The molecule has 0 atom stereocenters. The molecule has 0 aliphatic carbocycles. The Bertz CT molecular complexity index is 1040. The Morgan fingerprint density at radius 1 is 1.12 bits per heavy atom. The van der Waals surface area contributed by atoms with Crippen LogP contribution in [-0.4, -0.2) is 54.1 Å². The van der Waals surface area contributed by atoms with Gasteiger partial charge in [-0.3, -0.25) is 4.79 Å². The number of benzene rings is 2. The van der Waals surface area contributed by atoms with Crippen molar-refractivity contribution in [2.24, 2.45) is 0 Å². The fraction of sp³-hybridized carbons (Fsp3) is 0.292. The van der Waals surface area contributed by atoms with Gasteiger partial charge in [-0.15, -0.1) is 0 Å². The van der Waals surface area contributed by atoms with Crippen molar-refractivity contribution in [1.82, 2.24) is 20.2 Å². The fourth-order valence-electron chi connectivity index (χ4n) is 3.51. The SMILES string of the molecule is COc1cccc(Sc2ccnc(Nc3ccc(C(=O)NCCN4CCCC4)cc3)n2)c1. The number of hydrogen-bond donors (Lipinski definition) is 2. The molecule has 1 aliphatic heterocycles. The highest BCUT2D eigenvalue weighted by Crippen LogP contribution is 2.29. The van der Waals surface area contributed by atoms with E-state index in [1.54, 1.807) is 13.3 Å². The van der Waals surface area contributed by atoms with Crippen molar-refractivity contribution in [3.8, 4) is 5.75 Å². The maximum atomic E-state index is 12.4. The molecule has 7 nitrogen and oxygen atoms in total. The van der Waals surface area contributed by atoms with Crippen LogP contribution in [0.4, 0.5) is 11.6 Å². The van der Waals surface area contributed by atoms with Crippen LogP contribution in [0.25, 0.3) is 0 Å². The van der Waals surface area contributed by atoms with Crippen LogP contribution in [0.2, 0.25) is 0 Å². The zero-order chi connectivity index (χ0) is 22.2. The van der Waals surface area contributed by atoms with Crippen molar-refractivity contribution in [3.05, 3.63) is 66.4 Å². The summed E-state index contributed by atoms with van der Waals surface area (Å²) in [4.78, 5) is 24.7. The standard InChI is InChI=1S/C24H27N5O2S/c1-31-20-5-4-6-21(17-20)32-22-11-12-26-24(28-22)27-19-9-7-18(8-10-19)23(30)25-13-16-29-14-2-3-15-29/h4-12,17H,2-3,13-16H2,1H3,(H,25,30)(H,26,27,28). The number of nitrogens with one attached hydrogen (secondary N) is 2. The van der Waals surface area contributed by atoms with Gasteiger partial charge in [0.15, 0.2) is 0 Å². The molecular formula is C24H27N5O2S. The van der Waals surface area contributed by atoms with E-state index >= 15 is 0 Å². The van der Waals surface area contributed by atoms with Crippen LogP contribution in [-0.2, 0) is 0 Å². The summed E-state index contributed by atoms with van der Waals surface area (Å²) in [6, 6.07) is 17.0. The number of ether oxygens (including phenoxy) is 1. The number of rotatable bonds is 9. The predicted molar refractivity (Wildman–Crippen MR) is 127 cm³/mol. The van der Waals surface area contributed by atoms with Gasteiger partial charge in [-0.1, -0.05) is 17.8 Å². The van der Waals surface area contributed by atoms with Gasteiger partial charge in [-0.25, -0.2) is 9.97 Å². The van der Waals surface area contributed by atoms with E-state index in [2.05, 4.69) is 25.5 Å². The Labute approximate surface area is 192 Å². The van der Waals surface area contributed by atoms with Crippen molar-refractivity contribution in [2.75, 3.05) is 38.6 Å². The zero-order valence-corrected chi connectivity index (χ0v) is 18.9. The highest BCUT2D eigenvalue weighted by atomic mass is 32.2. The Balaban J connectivity index is 1.31. The van der Waals surface area contributed by atoms with Crippen molar-refractivity contribution >= 4 is 29.3 Å². The van der Waals surface area contributed by atoms with E-state index in [0.717, 1.165) is 41.0 Å². The lowest BCUT2D eigenvalue weighted by Crippen LogP contribution is -2.33. The molecule has 1 saturated heterocycles. The molecule has 4 rings (SSSR count). The van der Waals surface area contributed by atoms with E-state index in [4.69, 9.17) is 4.74 Å². The largest absolute Gasteiger partial charge is 0.497 e. The van der Waals surface area contributed by atoms with E-state index in [1.807, 2.05) is 54.6 Å². The summed E-state index contributed by atoms with van der Waals surface area (Å²) in [5.74, 6) is 1.26. The molecule has 1 amide bonds.